The Balaban J connectivity index is 0.00000171. The maximum atomic E-state index is 12.6. The molecule has 0 aliphatic carbocycles. The van der Waals surface area contributed by atoms with E-state index in [1.165, 1.54) is 0 Å². The molecule has 34 heavy (non-hydrogen) atoms. The molecule has 0 bridgehead atoms. The van der Waals surface area contributed by atoms with Crippen LogP contribution in [0.5, 0.6) is 0 Å². The average molecular weight is 503 g/mol. The van der Waals surface area contributed by atoms with Crippen molar-refractivity contribution in [1.82, 2.24) is 34.7 Å². The van der Waals surface area contributed by atoms with Crippen LogP contribution in [0.25, 0.3) is 22.2 Å². The minimum atomic E-state index is -3.78. The SMILES string of the molecule is Cn1cc(-c2cnc3ccc(Nc4nnc(S(=O)(=O)NCc5ccccc5)s4)nc3c2)cn1.[H-].[Na+]. The van der Waals surface area contributed by atoms with Crippen molar-refractivity contribution in [2.75, 3.05) is 5.32 Å². The predicted octanol–water partition coefficient (Wildman–Crippen LogP) is 0.220. The summed E-state index contributed by atoms with van der Waals surface area (Å²) in [6.07, 6.45) is 5.44. The summed E-state index contributed by atoms with van der Waals surface area (Å²) in [7, 11) is -1.93. The van der Waals surface area contributed by atoms with E-state index in [-0.39, 0.29) is 41.9 Å². The van der Waals surface area contributed by atoms with Crippen LogP contribution in [-0.2, 0) is 23.6 Å². The second kappa shape index (κ2) is 10.3. The van der Waals surface area contributed by atoms with E-state index < -0.39 is 10.0 Å². The van der Waals surface area contributed by atoms with Crippen molar-refractivity contribution in [3.05, 3.63) is 72.7 Å². The molecule has 0 atom stereocenters. The predicted molar refractivity (Wildman–Crippen MR) is 127 cm³/mol. The molecule has 4 aromatic heterocycles. The molecule has 0 saturated carbocycles. The van der Waals surface area contributed by atoms with E-state index in [1.54, 1.807) is 23.1 Å². The molecule has 0 unspecified atom stereocenters. The number of anilines is 2. The first-order valence-electron chi connectivity index (χ1n) is 9.86. The summed E-state index contributed by atoms with van der Waals surface area (Å²) in [6.45, 7) is 0.171. The maximum absolute atomic E-state index is 12.6. The van der Waals surface area contributed by atoms with E-state index >= 15 is 0 Å². The van der Waals surface area contributed by atoms with Gasteiger partial charge in [0.2, 0.25) is 9.47 Å². The van der Waals surface area contributed by atoms with Crippen LogP contribution in [0.1, 0.15) is 6.99 Å². The molecule has 13 heteroatoms. The monoisotopic (exact) mass is 502 g/mol. The number of fused-ring (bicyclic) bond motifs is 1. The molecule has 0 spiro atoms. The third-order valence-electron chi connectivity index (χ3n) is 4.76. The van der Waals surface area contributed by atoms with Crippen molar-refractivity contribution in [3.8, 4) is 11.1 Å². The fourth-order valence-corrected chi connectivity index (χ4v) is 5.08. The summed E-state index contributed by atoms with van der Waals surface area (Å²) < 4.78 is 29.3. The van der Waals surface area contributed by atoms with Crippen molar-refractivity contribution in [2.24, 2.45) is 7.05 Å². The number of aromatic nitrogens is 6. The molecule has 168 valence electrons. The van der Waals surface area contributed by atoms with Gasteiger partial charge in [0.1, 0.15) is 5.82 Å². The van der Waals surface area contributed by atoms with Crippen LogP contribution in [-0.4, -0.2) is 38.4 Å². The van der Waals surface area contributed by atoms with Crippen LogP contribution in [0, 0.1) is 0 Å². The molecule has 0 radical (unpaired) electrons. The van der Waals surface area contributed by atoms with E-state index in [1.807, 2.05) is 55.7 Å². The minimum absolute atomic E-state index is 0. The Labute approximate surface area is 223 Å². The number of rotatable bonds is 7. The Morgan fingerprint density at radius 2 is 1.85 bits per heavy atom. The fourth-order valence-electron chi connectivity index (χ4n) is 3.12. The number of aryl methyl sites for hydroxylation is 1. The topological polar surface area (TPSA) is 128 Å². The van der Waals surface area contributed by atoms with Crippen LogP contribution < -0.4 is 39.6 Å². The smallest absolute Gasteiger partial charge is 1.00 e. The number of hydrogen-bond acceptors (Lipinski definition) is 9. The van der Waals surface area contributed by atoms with Gasteiger partial charge in [-0.05, 0) is 23.8 Å². The van der Waals surface area contributed by atoms with Gasteiger partial charge in [0.05, 0.1) is 17.2 Å². The van der Waals surface area contributed by atoms with Crippen molar-refractivity contribution < 1.29 is 39.4 Å². The van der Waals surface area contributed by atoms with Gasteiger partial charge in [0, 0.05) is 37.1 Å². The van der Waals surface area contributed by atoms with Gasteiger partial charge < -0.3 is 6.74 Å². The van der Waals surface area contributed by atoms with Crippen molar-refractivity contribution in [1.29, 1.82) is 0 Å². The quantitative estimate of drug-likeness (QED) is 0.303. The summed E-state index contributed by atoms with van der Waals surface area (Å²) in [5.41, 5.74) is 4.11. The molecule has 4 heterocycles. The molecular formula is C21H19N8NaO2S2. The van der Waals surface area contributed by atoms with E-state index in [0.717, 1.165) is 33.5 Å². The Morgan fingerprint density at radius 3 is 2.62 bits per heavy atom. The van der Waals surface area contributed by atoms with Gasteiger partial charge in [0.25, 0.3) is 10.0 Å². The zero-order chi connectivity index (χ0) is 22.8. The zero-order valence-corrected chi connectivity index (χ0v) is 22.0. The minimum Gasteiger partial charge on any atom is -1.00 e. The van der Waals surface area contributed by atoms with E-state index in [4.69, 9.17) is 0 Å². The van der Waals surface area contributed by atoms with E-state index in [9.17, 15) is 8.42 Å². The largest absolute Gasteiger partial charge is 1.00 e. The molecule has 0 saturated heterocycles. The number of benzene rings is 1. The van der Waals surface area contributed by atoms with Crippen molar-refractivity contribution >= 4 is 43.3 Å². The normalized spacial score (nSPS) is 11.3. The summed E-state index contributed by atoms with van der Waals surface area (Å²) >= 11 is 0.928. The Kier molecular flexibility index (Phi) is 7.36. The van der Waals surface area contributed by atoms with Crippen molar-refractivity contribution in [2.45, 2.75) is 10.9 Å². The molecule has 0 aliphatic rings. The first-order valence-corrected chi connectivity index (χ1v) is 12.2. The van der Waals surface area contributed by atoms with Crippen LogP contribution in [0.15, 0.2) is 71.5 Å². The molecular weight excluding hydrogens is 483 g/mol. The fraction of sp³-hybridized carbons (Fsp3) is 0.0952. The number of pyridine rings is 2. The van der Waals surface area contributed by atoms with Crippen LogP contribution in [0.3, 0.4) is 0 Å². The van der Waals surface area contributed by atoms with Crippen molar-refractivity contribution in [3.63, 3.8) is 0 Å². The number of sulfonamides is 1. The molecule has 10 nitrogen and oxygen atoms in total. The average Bonchev–Trinajstić information content (AvgIpc) is 3.48. The second-order valence-corrected chi connectivity index (χ2v) is 10.1. The second-order valence-electron chi connectivity index (χ2n) is 7.17. The molecule has 0 aliphatic heterocycles. The molecule has 0 fully saturated rings. The number of hydrogen-bond donors (Lipinski definition) is 2. The Hall–Kier alpha value is -2.74. The number of nitrogens with one attached hydrogen (secondary N) is 2. The molecule has 5 aromatic rings. The van der Waals surface area contributed by atoms with Crippen LogP contribution >= 0.6 is 11.3 Å². The van der Waals surface area contributed by atoms with Gasteiger partial charge in [-0.25, -0.2) is 18.1 Å². The van der Waals surface area contributed by atoms with Gasteiger partial charge in [-0.3, -0.25) is 9.67 Å². The summed E-state index contributed by atoms with van der Waals surface area (Å²) in [5.74, 6) is 0.505. The first kappa shape index (κ1) is 24.4. The van der Waals surface area contributed by atoms with Crippen LogP contribution in [0.2, 0.25) is 0 Å². The van der Waals surface area contributed by atoms with Gasteiger partial charge >= 0.3 is 29.6 Å². The van der Waals surface area contributed by atoms with Gasteiger partial charge in [0.15, 0.2) is 0 Å². The van der Waals surface area contributed by atoms with Gasteiger partial charge in [-0.2, -0.15) is 5.10 Å². The maximum Gasteiger partial charge on any atom is 1.00 e. The Bertz CT molecular complexity index is 1540. The third-order valence-corrected chi connectivity index (χ3v) is 7.36. The molecule has 1 aromatic carbocycles. The molecule has 2 N–H and O–H groups in total. The Morgan fingerprint density at radius 1 is 1.03 bits per heavy atom. The van der Waals surface area contributed by atoms with Crippen LogP contribution in [0.4, 0.5) is 10.9 Å². The van der Waals surface area contributed by atoms with Gasteiger partial charge in [-0.15, -0.1) is 10.2 Å². The third kappa shape index (κ3) is 5.49. The summed E-state index contributed by atoms with van der Waals surface area (Å²) in [6, 6.07) is 14.8. The number of nitrogens with zero attached hydrogens (tertiary/aromatic N) is 6. The molecule has 0 amide bonds. The van der Waals surface area contributed by atoms with E-state index in [2.05, 4.69) is 35.3 Å². The van der Waals surface area contributed by atoms with Gasteiger partial charge in [-0.1, -0.05) is 41.7 Å². The molecule has 5 rings (SSSR count). The summed E-state index contributed by atoms with van der Waals surface area (Å²) in [4.78, 5) is 9.04. The first-order chi connectivity index (χ1) is 16.0. The van der Waals surface area contributed by atoms with E-state index in [0.29, 0.717) is 16.5 Å². The zero-order valence-electron chi connectivity index (χ0n) is 19.4. The standard InChI is InChI=1S/C21H18N8O2S2.Na.H/c1-29-13-16(12-23-29)15-9-18-17(22-11-15)7-8-19(25-18)26-20-27-28-21(32-20)33(30,31)24-10-14-5-3-2-4-6-14;;/h2-9,11-13,24H,10H2,1H3,(H,25,26,27);;/q;+1;-1. The summed E-state index contributed by atoms with van der Waals surface area (Å²) in [5, 5.41) is 15.3.